The van der Waals surface area contributed by atoms with Crippen molar-refractivity contribution in [2.75, 3.05) is 13.1 Å². The maximum Gasteiger partial charge on any atom is 0.222 e. The standard InChI is InChI=1S/C19H19N3O2S/c23-18(22-10-7-15(12-22)17-2-1-11-24-17)4-3-16-13-25-19(21-16)14-5-8-20-9-6-14/h1-2,5-6,8-9,11,13,15H,3-4,7,10,12H2. The molecule has 1 atom stereocenters. The first-order valence-electron chi connectivity index (χ1n) is 8.45. The molecule has 1 saturated heterocycles. The van der Waals surface area contributed by atoms with Gasteiger partial charge in [0.25, 0.3) is 0 Å². The topological polar surface area (TPSA) is 59.2 Å². The number of carbonyl (C=O) groups excluding carboxylic acids is 1. The van der Waals surface area contributed by atoms with Crippen molar-refractivity contribution in [1.82, 2.24) is 14.9 Å². The molecule has 25 heavy (non-hydrogen) atoms. The molecule has 0 bridgehead atoms. The summed E-state index contributed by atoms with van der Waals surface area (Å²) in [4.78, 5) is 23.1. The molecule has 0 N–H and O–H groups in total. The van der Waals surface area contributed by atoms with E-state index in [-0.39, 0.29) is 5.91 Å². The smallest absolute Gasteiger partial charge is 0.222 e. The van der Waals surface area contributed by atoms with Crippen LogP contribution in [0.4, 0.5) is 0 Å². The fourth-order valence-electron chi connectivity index (χ4n) is 3.18. The molecule has 0 aliphatic carbocycles. The van der Waals surface area contributed by atoms with Gasteiger partial charge in [0.15, 0.2) is 0 Å². The van der Waals surface area contributed by atoms with Gasteiger partial charge in [0, 0.05) is 48.8 Å². The minimum absolute atomic E-state index is 0.201. The van der Waals surface area contributed by atoms with Gasteiger partial charge in [-0.05, 0) is 37.1 Å². The fraction of sp³-hybridized carbons (Fsp3) is 0.316. The third-order valence-electron chi connectivity index (χ3n) is 4.56. The molecule has 5 nitrogen and oxygen atoms in total. The molecule has 1 aliphatic rings. The van der Waals surface area contributed by atoms with Crippen molar-refractivity contribution in [2.45, 2.75) is 25.2 Å². The molecular weight excluding hydrogens is 334 g/mol. The van der Waals surface area contributed by atoms with E-state index in [0.717, 1.165) is 41.5 Å². The van der Waals surface area contributed by atoms with Gasteiger partial charge in [-0.1, -0.05) is 0 Å². The average Bonchev–Trinajstić information content (AvgIpc) is 3.41. The van der Waals surface area contributed by atoms with Crippen molar-refractivity contribution in [1.29, 1.82) is 0 Å². The Balaban J connectivity index is 1.31. The van der Waals surface area contributed by atoms with Gasteiger partial charge in [-0.2, -0.15) is 0 Å². The van der Waals surface area contributed by atoms with Crippen LogP contribution in [0.2, 0.25) is 0 Å². The summed E-state index contributed by atoms with van der Waals surface area (Å²) < 4.78 is 5.47. The Labute approximate surface area is 150 Å². The van der Waals surface area contributed by atoms with Crippen LogP contribution in [0.15, 0.2) is 52.7 Å². The lowest BCUT2D eigenvalue weighted by Crippen LogP contribution is -2.28. The highest BCUT2D eigenvalue weighted by Crippen LogP contribution is 2.28. The molecule has 128 valence electrons. The second kappa shape index (κ2) is 7.19. The molecule has 0 saturated carbocycles. The molecule has 4 heterocycles. The van der Waals surface area contributed by atoms with Gasteiger partial charge < -0.3 is 9.32 Å². The zero-order chi connectivity index (χ0) is 17.1. The predicted molar refractivity (Wildman–Crippen MR) is 96.3 cm³/mol. The number of hydrogen-bond acceptors (Lipinski definition) is 5. The van der Waals surface area contributed by atoms with Gasteiger partial charge in [-0.3, -0.25) is 9.78 Å². The summed E-state index contributed by atoms with van der Waals surface area (Å²) in [6, 6.07) is 7.80. The minimum Gasteiger partial charge on any atom is -0.469 e. The number of aromatic nitrogens is 2. The van der Waals surface area contributed by atoms with Crippen molar-refractivity contribution < 1.29 is 9.21 Å². The summed E-state index contributed by atoms with van der Waals surface area (Å²) in [5.74, 6) is 1.51. The van der Waals surface area contributed by atoms with E-state index in [0.29, 0.717) is 18.8 Å². The number of thiazole rings is 1. The Kier molecular flexibility index (Phi) is 4.61. The lowest BCUT2D eigenvalue weighted by Gasteiger charge is -2.15. The molecule has 0 radical (unpaired) electrons. The highest BCUT2D eigenvalue weighted by Gasteiger charge is 2.28. The largest absolute Gasteiger partial charge is 0.469 e. The monoisotopic (exact) mass is 353 g/mol. The quantitative estimate of drug-likeness (QED) is 0.701. The van der Waals surface area contributed by atoms with Crippen molar-refractivity contribution in [3.05, 3.63) is 59.8 Å². The summed E-state index contributed by atoms with van der Waals surface area (Å²) in [7, 11) is 0. The number of pyridine rings is 1. The molecule has 1 unspecified atom stereocenters. The van der Waals surface area contributed by atoms with E-state index < -0.39 is 0 Å². The second-order valence-corrected chi connectivity index (χ2v) is 7.08. The summed E-state index contributed by atoms with van der Waals surface area (Å²) in [6.07, 6.45) is 7.39. The minimum atomic E-state index is 0.201. The molecule has 4 rings (SSSR count). The van der Waals surface area contributed by atoms with E-state index >= 15 is 0 Å². The van der Waals surface area contributed by atoms with Crippen molar-refractivity contribution >= 4 is 17.2 Å². The number of rotatable bonds is 5. The number of furan rings is 1. The summed E-state index contributed by atoms with van der Waals surface area (Å²) in [5, 5.41) is 3.02. The van der Waals surface area contributed by atoms with Crippen LogP contribution >= 0.6 is 11.3 Å². The van der Waals surface area contributed by atoms with Crippen LogP contribution in [0.1, 0.15) is 30.2 Å². The van der Waals surface area contributed by atoms with Gasteiger partial charge in [-0.25, -0.2) is 4.98 Å². The first kappa shape index (κ1) is 16.0. The zero-order valence-corrected chi connectivity index (χ0v) is 14.6. The Morgan fingerprint density at radius 1 is 1.32 bits per heavy atom. The van der Waals surface area contributed by atoms with Gasteiger partial charge in [-0.15, -0.1) is 11.3 Å². The summed E-state index contributed by atoms with van der Waals surface area (Å²) >= 11 is 1.61. The van der Waals surface area contributed by atoms with Crippen LogP contribution in [0.5, 0.6) is 0 Å². The van der Waals surface area contributed by atoms with E-state index in [2.05, 4.69) is 9.97 Å². The molecule has 3 aromatic heterocycles. The maximum atomic E-state index is 12.5. The molecule has 1 amide bonds. The average molecular weight is 353 g/mol. The lowest BCUT2D eigenvalue weighted by molar-refractivity contribution is -0.130. The van der Waals surface area contributed by atoms with Crippen molar-refractivity contribution in [3.8, 4) is 10.6 Å². The number of likely N-dealkylation sites (tertiary alicyclic amines) is 1. The Bertz CT molecular complexity index is 829. The zero-order valence-electron chi connectivity index (χ0n) is 13.8. The van der Waals surface area contributed by atoms with Crippen molar-refractivity contribution in [2.24, 2.45) is 0 Å². The predicted octanol–water partition coefficient (Wildman–Crippen LogP) is 3.75. The van der Waals surface area contributed by atoms with Crippen LogP contribution in [-0.2, 0) is 11.2 Å². The van der Waals surface area contributed by atoms with Gasteiger partial charge in [0.1, 0.15) is 10.8 Å². The molecule has 1 aliphatic heterocycles. The van der Waals surface area contributed by atoms with Crippen LogP contribution in [0, 0.1) is 0 Å². The third kappa shape index (κ3) is 3.64. The molecule has 1 fully saturated rings. The van der Waals surface area contributed by atoms with E-state index in [1.165, 1.54) is 0 Å². The number of hydrogen-bond donors (Lipinski definition) is 0. The first-order chi connectivity index (χ1) is 12.3. The summed E-state index contributed by atoms with van der Waals surface area (Å²) in [5.41, 5.74) is 2.05. The number of aryl methyl sites for hydroxylation is 1. The SMILES string of the molecule is O=C(CCc1csc(-c2ccncc2)n1)N1CCC(c2ccco2)C1. The highest BCUT2D eigenvalue weighted by atomic mass is 32.1. The molecule has 3 aromatic rings. The molecular formula is C19H19N3O2S. The van der Waals surface area contributed by atoms with Gasteiger partial charge >= 0.3 is 0 Å². The van der Waals surface area contributed by atoms with E-state index in [1.807, 2.05) is 34.5 Å². The summed E-state index contributed by atoms with van der Waals surface area (Å²) in [6.45, 7) is 1.56. The maximum absolute atomic E-state index is 12.5. The van der Waals surface area contributed by atoms with Gasteiger partial charge in [0.2, 0.25) is 5.91 Å². The van der Waals surface area contributed by atoms with Gasteiger partial charge in [0.05, 0.1) is 12.0 Å². The first-order valence-corrected chi connectivity index (χ1v) is 9.33. The highest BCUT2D eigenvalue weighted by molar-refractivity contribution is 7.13. The third-order valence-corrected chi connectivity index (χ3v) is 5.50. The molecule has 0 aromatic carbocycles. The lowest BCUT2D eigenvalue weighted by atomic mass is 10.1. The number of carbonyl (C=O) groups is 1. The number of amides is 1. The van der Waals surface area contributed by atoms with Crippen molar-refractivity contribution in [3.63, 3.8) is 0 Å². The Hall–Kier alpha value is -2.47. The molecule has 6 heteroatoms. The van der Waals surface area contributed by atoms with Crippen LogP contribution in [-0.4, -0.2) is 33.9 Å². The van der Waals surface area contributed by atoms with Crippen LogP contribution in [0.25, 0.3) is 10.6 Å². The Morgan fingerprint density at radius 3 is 3.00 bits per heavy atom. The van der Waals surface area contributed by atoms with Crippen LogP contribution in [0.3, 0.4) is 0 Å². The molecule has 0 spiro atoms. The van der Waals surface area contributed by atoms with Crippen LogP contribution < -0.4 is 0 Å². The Morgan fingerprint density at radius 2 is 2.20 bits per heavy atom. The number of nitrogens with zero attached hydrogens (tertiary/aromatic N) is 3. The fourth-order valence-corrected chi connectivity index (χ4v) is 4.04. The van der Waals surface area contributed by atoms with E-state index in [4.69, 9.17) is 4.42 Å². The van der Waals surface area contributed by atoms with E-state index in [1.54, 1.807) is 30.0 Å². The van der Waals surface area contributed by atoms with E-state index in [9.17, 15) is 4.79 Å². The second-order valence-electron chi connectivity index (χ2n) is 6.22. The normalized spacial score (nSPS) is 17.1.